The SMILES string of the molecule is CCCCCCC(=O)Nc1ccc(Br)cc1/C(N)=N/O. The zero-order chi connectivity index (χ0) is 15.0. The van der Waals surface area contributed by atoms with Gasteiger partial charge in [-0.05, 0) is 24.6 Å². The number of amides is 1. The fourth-order valence-electron chi connectivity index (χ4n) is 1.82. The highest BCUT2D eigenvalue weighted by Crippen LogP contribution is 2.21. The van der Waals surface area contributed by atoms with Crippen molar-refractivity contribution in [2.45, 2.75) is 39.0 Å². The number of oxime groups is 1. The van der Waals surface area contributed by atoms with Gasteiger partial charge < -0.3 is 16.3 Å². The van der Waals surface area contributed by atoms with Crippen LogP contribution in [0.25, 0.3) is 0 Å². The van der Waals surface area contributed by atoms with Crippen molar-refractivity contribution in [2.24, 2.45) is 10.9 Å². The molecule has 0 saturated carbocycles. The summed E-state index contributed by atoms with van der Waals surface area (Å²) in [6.45, 7) is 2.13. The molecule has 0 unspecified atom stereocenters. The van der Waals surface area contributed by atoms with Crippen molar-refractivity contribution in [3.63, 3.8) is 0 Å². The molecule has 0 aromatic heterocycles. The van der Waals surface area contributed by atoms with Crippen LogP contribution in [0.5, 0.6) is 0 Å². The first-order chi connectivity index (χ1) is 9.58. The quantitative estimate of drug-likeness (QED) is 0.233. The molecule has 1 aromatic rings. The second-order valence-electron chi connectivity index (χ2n) is 4.53. The monoisotopic (exact) mass is 341 g/mol. The summed E-state index contributed by atoms with van der Waals surface area (Å²) < 4.78 is 0.792. The third kappa shape index (κ3) is 5.21. The van der Waals surface area contributed by atoms with Gasteiger partial charge in [-0.15, -0.1) is 0 Å². The zero-order valence-electron chi connectivity index (χ0n) is 11.5. The Kier molecular flexibility index (Phi) is 7.08. The van der Waals surface area contributed by atoms with E-state index in [1.165, 1.54) is 0 Å². The lowest BCUT2D eigenvalue weighted by molar-refractivity contribution is -0.116. The molecule has 110 valence electrons. The van der Waals surface area contributed by atoms with E-state index in [1.54, 1.807) is 18.2 Å². The van der Waals surface area contributed by atoms with Crippen LogP contribution in [0.4, 0.5) is 5.69 Å². The molecule has 0 aliphatic carbocycles. The third-order valence-electron chi connectivity index (χ3n) is 2.90. The first-order valence-electron chi connectivity index (χ1n) is 6.65. The lowest BCUT2D eigenvalue weighted by Gasteiger charge is -2.10. The number of rotatable bonds is 7. The fraction of sp³-hybridized carbons (Fsp3) is 0.429. The Bertz CT molecular complexity index is 489. The summed E-state index contributed by atoms with van der Waals surface area (Å²) in [6.07, 6.45) is 4.68. The molecule has 0 atom stereocenters. The molecule has 0 aliphatic rings. The normalized spacial score (nSPS) is 11.4. The van der Waals surface area contributed by atoms with Crippen LogP contribution in [-0.2, 0) is 4.79 Å². The number of halogens is 1. The van der Waals surface area contributed by atoms with Gasteiger partial charge in [0.1, 0.15) is 0 Å². The lowest BCUT2D eigenvalue weighted by Crippen LogP contribution is -2.19. The number of nitrogens with two attached hydrogens (primary N) is 1. The first-order valence-corrected chi connectivity index (χ1v) is 7.45. The smallest absolute Gasteiger partial charge is 0.224 e. The lowest BCUT2D eigenvalue weighted by atomic mass is 10.1. The Balaban J connectivity index is 2.69. The maximum absolute atomic E-state index is 11.9. The zero-order valence-corrected chi connectivity index (χ0v) is 13.1. The van der Waals surface area contributed by atoms with Crippen molar-refractivity contribution in [2.75, 3.05) is 5.32 Å². The van der Waals surface area contributed by atoms with Crippen LogP contribution in [0.1, 0.15) is 44.6 Å². The summed E-state index contributed by atoms with van der Waals surface area (Å²) in [5.41, 5.74) is 6.64. The predicted octanol–water partition coefficient (Wildman–Crippen LogP) is 3.45. The number of hydrogen-bond acceptors (Lipinski definition) is 3. The highest BCUT2D eigenvalue weighted by atomic mass is 79.9. The molecular formula is C14H20BrN3O2. The minimum atomic E-state index is -0.0598. The van der Waals surface area contributed by atoms with E-state index in [0.717, 1.165) is 30.2 Å². The van der Waals surface area contributed by atoms with Crippen LogP contribution in [0, 0.1) is 0 Å². The van der Waals surface area contributed by atoms with Gasteiger partial charge in [-0.3, -0.25) is 4.79 Å². The summed E-state index contributed by atoms with van der Waals surface area (Å²) >= 11 is 3.31. The molecular weight excluding hydrogens is 322 g/mol. The Morgan fingerprint density at radius 2 is 2.15 bits per heavy atom. The van der Waals surface area contributed by atoms with Crippen molar-refractivity contribution in [3.05, 3.63) is 28.2 Å². The molecule has 0 saturated heterocycles. The molecule has 1 rings (SSSR count). The van der Waals surface area contributed by atoms with Gasteiger partial charge in [0.2, 0.25) is 5.91 Å². The molecule has 4 N–H and O–H groups in total. The van der Waals surface area contributed by atoms with Crippen LogP contribution >= 0.6 is 15.9 Å². The van der Waals surface area contributed by atoms with E-state index in [-0.39, 0.29) is 11.7 Å². The number of nitrogens with zero attached hydrogens (tertiary/aromatic N) is 1. The van der Waals surface area contributed by atoms with E-state index >= 15 is 0 Å². The predicted molar refractivity (Wildman–Crippen MR) is 84.0 cm³/mol. The van der Waals surface area contributed by atoms with Crippen molar-refractivity contribution in [3.8, 4) is 0 Å². The number of anilines is 1. The Hall–Kier alpha value is -1.56. The average Bonchev–Trinajstić information content (AvgIpc) is 2.44. The van der Waals surface area contributed by atoms with E-state index in [1.807, 2.05) is 0 Å². The van der Waals surface area contributed by atoms with Crippen molar-refractivity contribution in [1.29, 1.82) is 0 Å². The minimum absolute atomic E-state index is 0.0346. The number of nitrogens with one attached hydrogen (secondary N) is 1. The van der Waals surface area contributed by atoms with Crippen LogP contribution in [0.3, 0.4) is 0 Å². The van der Waals surface area contributed by atoms with Gasteiger partial charge in [-0.2, -0.15) is 0 Å². The van der Waals surface area contributed by atoms with E-state index < -0.39 is 0 Å². The number of hydrogen-bond donors (Lipinski definition) is 3. The number of carbonyl (C=O) groups excluding carboxylic acids is 1. The van der Waals surface area contributed by atoms with E-state index in [0.29, 0.717) is 17.7 Å². The standard InChI is InChI=1S/C14H20BrN3O2/c1-2-3-4-5-6-13(19)17-12-8-7-10(15)9-11(12)14(16)18-20/h7-9,20H,2-6H2,1H3,(H2,16,18)(H,17,19). The van der Waals surface area contributed by atoms with Gasteiger partial charge in [-0.1, -0.05) is 47.3 Å². The van der Waals surface area contributed by atoms with Gasteiger partial charge in [0.15, 0.2) is 5.84 Å². The maximum Gasteiger partial charge on any atom is 0.224 e. The Morgan fingerprint density at radius 3 is 2.80 bits per heavy atom. The third-order valence-corrected chi connectivity index (χ3v) is 3.39. The first kappa shape index (κ1) is 16.5. The second kappa shape index (κ2) is 8.58. The van der Waals surface area contributed by atoms with Crippen LogP contribution in [-0.4, -0.2) is 17.0 Å². The van der Waals surface area contributed by atoms with Gasteiger partial charge in [-0.25, -0.2) is 0 Å². The summed E-state index contributed by atoms with van der Waals surface area (Å²) in [5, 5.41) is 14.5. The van der Waals surface area contributed by atoms with Gasteiger partial charge in [0.25, 0.3) is 0 Å². The number of unbranched alkanes of at least 4 members (excludes halogenated alkanes) is 3. The molecule has 6 heteroatoms. The average molecular weight is 342 g/mol. The summed E-state index contributed by atoms with van der Waals surface area (Å²) in [4.78, 5) is 11.9. The van der Waals surface area contributed by atoms with E-state index in [4.69, 9.17) is 10.9 Å². The molecule has 0 heterocycles. The summed E-state index contributed by atoms with van der Waals surface area (Å²) in [7, 11) is 0. The molecule has 0 radical (unpaired) electrons. The molecule has 1 aromatic carbocycles. The van der Waals surface area contributed by atoms with Crippen molar-refractivity contribution < 1.29 is 10.0 Å². The molecule has 1 amide bonds. The van der Waals surface area contributed by atoms with Gasteiger partial charge >= 0.3 is 0 Å². The molecule has 0 spiro atoms. The molecule has 0 bridgehead atoms. The highest BCUT2D eigenvalue weighted by Gasteiger charge is 2.10. The van der Waals surface area contributed by atoms with Crippen molar-refractivity contribution >= 4 is 33.4 Å². The Morgan fingerprint density at radius 1 is 1.40 bits per heavy atom. The Labute approximate surface area is 127 Å². The van der Waals surface area contributed by atoms with Crippen molar-refractivity contribution in [1.82, 2.24) is 0 Å². The molecule has 0 aliphatic heterocycles. The number of carbonyl (C=O) groups is 1. The topological polar surface area (TPSA) is 87.7 Å². The molecule has 20 heavy (non-hydrogen) atoms. The van der Waals surface area contributed by atoms with E-state index in [2.05, 4.69) is 33.3 Å². The number of benzene rings is 1. The largest absolute Gasteiger partial charge is 0.409 e. The fourth-order valence-corrected chi connectivity index (χ4v) is 2.18. The minimum Gasteiger partial charge on any atom is -0.409 e. The van der Waals surface area contributed by atoms with Gasteiger partial charge in [0.05, 0.1) is 5.69 Å². The van der Waals surface area contributed by atoms with Gasteiger partial charge in [0, 0.05) is 16.5 Å². The summed E-state index contributed by atoms with van der Waals surface area (Å²) in [5.74, 6) is -0.0944. The maximum atomic E-state index is 11.9. The van der Waals surface area contributed by atoms with Crippen LogP contribution < -0.4 is 11.1 Å². The molecule has 5 nitrogen and oxygen atoms in total. The van der Waals surface area contributed by atoms with Crippen LogP contribution in [0.2, 0.25) is 0 Å². The molecule has 0 fully saturated rings. The van der Waals surface area contributed by atoms with Crippen LogP contribution in [0.15, 0.2) is 27.8 Å². The number of amidine groups is 1. The van der Waals surface area contributed by atoms with E-state index in [9.17, 15) is 4.79 Å². The second-order valence-corrected chi connectivity index (χ2v) is 5.45. The highest BCUT2D eigenvalue weighted by molar-refractivity contribution is 9.10. The summed E-state index contributed by atoms with van der Waals surface area (Å²) in [6, 6.07) is 5.21.